The number of rotatable bonds is 18. The van der Waals surface area contributed by atoms with Gasteiger partial charge in [-0.1, -0.05) is 89.5 Å². The third kappa shape index (κ3) is 31.2. The van der Waals surface area contributed by atoms with Gasteiger partial charge in [0.25, 0.3) is 0 Å². The van der Waals surface area contributed by atoms with Crippen molar-refractivity contribution in [2.75, 3.05) is 13.2 Å². The van der Waals surface area contributed by atoms with Gasteiger partial charge in [0.15, 0.2) is 0 Å². The molecule has 0 bridgehead atoms. The third-order valence-electron chi connectivity index (χ3n) is 4.32. The molecule has 0 fully saturated rings. The van der Waals surface area contributed by atoms with Gasteiger partial charge >= 0.3 is 0 Å². The second-order valence-corrected chi connectivity index (χ2v) is 7.08. The topological polar surface area (TPSA) is 40.5 Å². The van der Waals surface area contributed by atoms with Crippen molar-refractivity contribution in [1.82, 2.24) is 0 Å². The van der Waals surface area contributed by atoms with Crippen LogP contribution >= 0.6 is 0 Å². The molecule has 2 N–H and O–H groups in total. The molecule has 2 nitrogen and oxygen atoms in total. The van der Waals surface area contributed by atoms with Crippen LogP contribution in [-0.4, -0.2) is 23.4 Å². The van der Waals surface area contributed by atoms with E-state index in [0.29, 0.717) is 13.2 Å². The van der Waals surface area contributed by atoms with Crippen LogP contribution < -0.4 is 0 Å². The number of allylic oxidation sites excluding steroid dienone is 4. The highest BCUT2D eigenvalue weighted by Crippen LogP contribution is 2.06. The molecule has 0 unspecified atom stereocenters. The predicted octanol–water partition coefficient (Wildman–Crippen LogP) is 7.35. The maximum atomic E-state index is 8.55. The summed E-state index contributed by atoms with van der Waals surface area (Å²) in [4.78, 5) is 0. The lowest BCUT2D eigenvalue weighted by molar-refractivity contribution is 0.282. The van der Waals surface area contributed by atoms with E-state index in [0.717, 1.165) is 12.8 Å². The fourth-order valence-corrected chi connectivity index (χ4v) is 2.59. The van der Waals surface area contributed by atoms with Gasteiger partial charge in [0, 0.05) is 13.2 Å². The highest BCUT2D eigenvalue weighted by Gasteiger charge is 1.88. The number of hydrogen-bond acceptors (Lipinski definition) is 2. The highest BCUT2D eigenvalue weighted by atomic mass is 16.3. The van der Waals surface area contributed by atoms with Crippen LogP contribution in [0.1, 0.15) is 117 Å². The minimum Gasteiger partial charge on any atom is -0.396 e. The number of hydrogen-bond donors (Lipinski definition) is 2. The van der Waals surface area contributed by atoms with E-state index in [1.54, 1.807) is 0 Å². The summed E-state index contributed by atoms with van der Waals surface area (Å²) in [5.74, 6) is 0. The molecule has 2 heteroatoms. The van der Waals surface area contributed by atoms with Crippen molar-refractivity contribution in [3.05, 3.63) is 24.3 Å². The van der Waals surface area contributed by atoms with Crippen molar-refractivity contribution in [3.63, 3.8) is 0 Å². The summed E-state index contributed by atoms with van der Waals surface area (Å²) in [6.45, 7) is 5.14. The molecular weight excluding hydrogens is 320 g/mol. The van der Waals surface area contributed by atoms with Gasteiger partial charge in [-0.2, -0.15) is 0 Å². The Hall–Kier alpha value is -0.600. The van der Waals surface area contributed by atoms with Gasteiger partial charge in [0.05, 0.1) is 0 Å². The Balaban J connectivity index is 0. The molecule has 0 aromatic carbocycles. The van der Waals surface area contributed by atoms with Gasteiger partial charge in [-0.15, -0.1) is 0 Å². The van der Waals surface area contributed by atoms with Crippen LogP contribution in [0.2, 0.25) is 0 Å². The Morgan fingerprint density at radius 3 is 1.23 bits per heavy atom. The van der Waals surface area contributed by atoms with E-state index in [9.17, 15) is 0 Å². The van der Waals surface area contributed by atoms with E-state index in [4.69, 9.17) is 10.2 Å². The van der Waals surface area contributed by atoms with Gasteiger partial charge in [-0.25, -0.2) is 0 Å². The van der Waals surface area contributed by atoms with E-state index >= 15 is 0 Å². The molecule has 0 aliphatic rings. The van der Waals surface area contributed by atoms with Crippen molar-refractivity contribution in [2.45, 2.75) is 117 Å². The first-order chi connectivity index (χ1) is 12.8. The zero-order chi connectivity index (χ0) is 19.6. The normalized spacial score (nSPS) is 11.2. The van der Waals surface area contributed by atoms with E-state index in [-0.39, 0.29) is 0 Å². The maximum absolute atomic E-state index is 8.55. The van der Waals surface area contributed by atoms with Crippen LogP contribution in [0, 0.1) is 0 Å². The lowest BCUT2D eigenvalue weighted by Gasteiger charge is -1.97. The molecule has 0 rings (SSSR count). The van der Waals surface area contributed by atoms with Gasteiger partial charge in [-0.05, 0) is 51.4 Å². The summed E-state index contributed by atoms with van der Waals surface area (Å²) in [5, 5.41) is 17.1. The molecule has 0 aliphatic carbocycles. The van der Waals surface area contributed by atoms with Crippen LogP contribution in [0.3, 0.4) is 0 Å². The fraction of sp³-hybridized carbons (Fsp3) is 0.833. The van der Waals surface area contributed by atoms with Crippen molar-refractivity contribution < 1.29 is 10.2 Å². The molecule has 0 saturated heterocycles. The lowest BCUT2D eigenvalue weighted by atomic mass is 10.1. The first kappa shape index (κ1) is 27.6. The van der Waals surface area contributed by atoms with E-state index in [1.165, 1.54) is 89.9 Å². The standard InChI is InChI=1S/2C12H24O/c2*1-2-3-4-5-6-7-8-9-10-11-12-13/h5-6,13H,2-4,7-12H2,1H3;4-5,13H,2-3,6-12H2,1H3. The van der Waals surface area contributed by atoms with E-state index in [1.807, 2.05) is 0 Å². The van der Waals surface area contributed by atoms with E-state index < -0.39 is 0 Å². The Kier molecular flexibility index (Phi) is 31.0. The molecule has 0 atom stereocenters. The molecule has 0 spiro atoms. The van der Waals surface area contributed by atoms with Crippen LogP contribution in [-0.2, 0) is 0 Å². The first-order valence-corrected chi connectivity index (χ1v) is 11.3. The molecule has 26 heavy (non-hydrogen) atoms. The quantitative estimate of drug-likeness (QED) is 0.196. The molecular formula is C24H48O2. The molecule has 0 heterocycles. The summed E-state index contributed by atoms with van der Waals surface area (Å²) in [6.07, 6.45) is 28.7. The zero-order valence-corrected chi connectivity index (χ0v) is 17.9. The second-order valence-electron chi connectivity index (χ2n) is 7.08. The Bertz CT molecular complexity index is 271. The minimum atomic E-state index is 0.354. The molecule has 156 valence electrons. The average molecular weight is 369 g/mol. The lowest BCUT2D eigenvalue weighted by Crippen LogP contribution is -1.83. The largest absolute Gasteiger partial charge is 0.396 e. The number of unbranched alkanes of at least 4 members (excludes halogenated alkanes) is 12. The molecule has 0 amide bonds. The maximum Gasteiger partial charge on any atom is 0.0431 e. The number of aliphatic hydroxyl groups is 2. The fourth-order valence-electron chi connectivity index (χ4n) is 2.59. The van der Waals surface area contributed by atoms with E-state index in [2.05, 4.69) is 38.2 Å². The molecule has 0 radical (unpaired) electrons. The summed E-state index contributed by atoms with van der Waals surface area (Å²) in [6, 6.07) is 0. The van der Waals surface area contributed by atoms with Crippen molar-refractivity contribution in [3.8, 4) is 0 Å². The summed E-state index contributed by atoms with van der Waals surface area (Å²) in [5.41, 5.74) is 0. The molecule has 0 aliphatic heterocycles. The third-order valence-corrected chi connectivity index (χ3v) is 4.32. The Morgan fingerprint density at radius 1 is 0.423 bits per heavy atom. The predicted molar refractivity (Wildman–Crippen MR) is 118 cm³/mol. The number of aliphatic hydroxyl groups excluding tert-OH is 2. The van der Waals surface area contributed by atoms with Gasteiger partial charge < -0.3 is 10.2 Å². The van der Waals surface area contributed by atoms with Crippen molar-refractivity contribution in [1.29, 1.82) is 0 Å². The molecule has 0 saturated carbocycles. The summed E-state index contributed by atoms with van der Waals surface area (Å²) in [7, 11) is 0. The Labute approximate surface area is 164 Å². The molecule has 0 aromatic rings. The zero-order valence-electron chi connectivity index (χ0n) is 17.9. The van der Waals surface area contributed by atoms with Crippen molar-refractivity contribution in [2.24, 2.45) is 0 Å². The summed E-state index contributed by atoms with van der Waals surface area (Å²) < 4.78 is 0. The monoisotopic (exact) mass is 368 g/mol. The van der Waals surface area contributed by atoms with Crippen LogP contribution in [0.5, 0.6) is 0 Å². The van der Waals surface area contributed by atoms with Crippen LogP contribution in [0.4, 0.5) is 0 Å². The first-order valence-electron chi connectivity index (χ1n) is 11.3. The SMILES string of the molecule is CCCC=CCCCCCCCO.CCCCC=CCCCCCCO. The van der Waals surface area contributed by atoms with Crippen LogP contribution in [0.15, 0.2) is 24.3 Å². The second kappa shape index (κ2) is 29.2. The average Bonchev–Trinajstić information content (AvgIpc) is 2.66. The Morgan fingerprint density at radius 2 is 0.808 bits per heavy atom. The van der Waals surface area contributed by atoms with Gasteiger partial charge in [0.1, 0.15) is 0 Å². The smallest absolute Gasteiger partial charge is 0.0431 e. The van der Waals surface area contributed by atoms with Crippen LogP contribution in [0.25, 0.3) is 0 Å². The highest BCUT2D eigenvalue weighted by molar-refractivity contribution is 4.81. The van der Waals surface area contributed by atoms with Gasteiger partial charge in [0.2, 0.25) is 0 Å². The van der Waals surface area contributed by atoms with Crippen molar-refractivity contribution >= 4 is 0 Å². The van der Waals surface area contributed by atoms with Gasteiger partial charge in [-0.3, -0.25) is 0 Å². The minimum absolute atomic E-state index is 0.354. The summed E-state index contributed by atoms with van der Waals surface area (Å²) >= 11 is 0. The molecule has 0 aromatic heterocycles.